The highest BCUT2D eigenvalue weighted by atomic mass is 32.1. The molecule has 5 nitrogen and oxygen atoms in total. The maximum Gasteiger partial charge on any atom is 0.408 e. The average Bonchev–Trinajstić information content (AvgIpc) is 2.79. The number of hydrogen-bond acceptors (Lipinski definition) is 4. The van der Waals surface area contributed by atoms with E-state index in [1.165, 1.54) is 11.3 Å². The smallest absolute Gasteiger partial charge is 0.408 e. The Balaban J connectivity index is 2.51. The molecule has 0 aliphatic heterocycles. The van der Waals surface area contributed by atoms with Crippen LogP contribution in [0.1, 0.15) is 31.4 Å². The minimum atomic E-state index is -1.10. The Morgan fingerprint density at radius 1 is 1.59 bits per heavy atom. The fraction of sp³-hybridized carbons (Fsp3) is 0.455. The standard InChI is InChI=1S/C11H15NO4S/c1-2-3-5-16-11(15)12-9(10(13)14)8-4-6-17-7-8/h4,6-7,9H,2-3,5H2,1H3,(H,12,15)(H,13,14). The third-order valence-corrected chi connectivity index (χ3v) is 2.82. The van der Waals surface area contributed by atoms with Gasteiger partial charge in [0, 0.05) is 0 Å². The zero-order valence-corrected chi connectivity index (χ0v) is 10.3. The average molecular weight is 257 g/mol. The Morgan fingerprint density at radius 2 is 2.35 bits per heavy atom. The number of carboxylic acids is 1. The first-order chi connectivity index (χ1) is 8.15. The lowest BCUT2D eigenvalue weighted by molar-refractivity contribution is -0.139. The summed E-state index contributed by atoms with van der Waals surface area (Å²) < 4.78 is 4.85. The number of thiophene rings is 1. The molecule has 0 aliphatic carbocycles. The van der Waals surface area contributed by atoms with E-state index in [0.29, 0.717) is 12.2 Å². The lowest BCUT2D eigenvalue weighted by Crippen LogP contribution is -2.34. The van der Waals surface area contributed by atoms with Crippen LogP contribution in [0.3, 0.4) is 0 Å². The van der Waals surface area contributed by atoms with Crippen molar-refractivity contribution in [1.29, 1.82) is 0 Å². The van der Waals surface area contributed by atoms with Gasteiger partial charge in [0.2, 0.25) is 0 Å². The number of carboxylic acid groups (broad SMARTS) is 1. The molecule has 17 heavy (non-hydrogen) atoms. The second-order valence-electron chi connectivity index (χ2n) is 3.46. The Labute approximate surface area is 103 Å². The maximum atomic E-state index is 11.3. The van der Waals surface area contributed by atoms with Gasteiger partial charge in [-0.25, -0.2) is 9.59 Å². The Morgan fingerprint density at radius 3 is 2.88 bits per heavy atom. The van der Waals surface area contributed by atoms with E-state index >= 15 is 0 Å². The molecular weight excluding hydrogens is 242 g/mol. The van der Waals surface area contributed by atoms with Crippen molar-refractivity contribution in [3.63, 3.8) is 0 Å². The molecule has 1 aromatic rings. The van der Waals surface area contributed by atoms with Gasteiger partial charge in [-0.1, -0.05) is 13.3 Å². The van der Waals surface area contributed by atoms with Gasteiger partial charge in [0.1, 0.15) is 0 Å². The van der Waals surface area contributed by atoms with Crippen molar-refractivity contribution < 1.29 is 19.4 Å². The van der Waals surface area contributed by atoms with Gasteiger partial charge < -0.3 is 15.2 Å². The van der Waals surface area contributed by atoms with Crippen LogP contribution < -0.4 is 5.32 Å². The monoisotopic (exact) mass is 257 g/mol. The normalized spacial score (nSPS) is 11.8. The van der Waals surface area contributed by atoms with Gasteiger partial charge in [0.25, 0.3) is 0 Å². The Hall–Kier alpha value is -1.56. The quantitative estimate of drug-likeness (QED) is 0.767. The van der Waals surface area contributed by atoms with E-state index in [1.54, 1.807) is 16.8 Å². The van der Waals surface area contributed by atoms with Crippen LogP contribution in [-0.2, 0) is 9.53 Å². The van der Waals surface area contributed by atoms with Gasteiger partial charge in [-0.2, -0.15) is 11.3 Å². The maximum absolute atomic E-state index is 11.3. The lowest BCUT2D eigenvalue weighted by atomic mass is 10.1. The molecule has 94 valence electrons. The molecule has 1 heterocycles. The van der Waals surface area contributed by atoms with Crippen LogP contribution in [-0.4, -0.2) is 23.8 Å². The van der Waals surface area contributed by atoms with Crippen LogP contribution in [0.5, 0.6) is 0 Å². The van der Waals surface area contributed by atoms with Crippen LogP contribution >= 0.6 is 11.3 Å². The highest BCUT2D eigenvalue weighted by Gasteiger charge is 2.22. The molecule has 1 amide bonds. The van der Waals surface area contributed by atoms with Crippen LogP contribution in [0, 0.1) is 0 Å². The highest BCUT2D eigenvalue weighted by molar-refractivity contribution is 7.08. The van der Waals surface area contributed by atoms with Gasteiger partial charge in [-0.3, -0.25) is 0 Å². The third-order valence-electron chi connectivity index (χ3n) is 2.12. The van der Waals surface area contributed by atoms with Crippen molar-refractivity contribution in [1.82, 2.24) is 5.32 Å². The SMILES string of the molecule is CCCCOC(=O)NC(C(=O)O)c1ccsc1. The predicted octanol–water partition coefficient (Wildman–Crippen LogP) is 2.40. The number of carbonyl (C=O) groups is 2. The first kappa shape index (κ1) is 13.5. The largest absolute Gasteiger partial charge is 0.479 e. The summed E-state index contributed by atoms with van der Waals surface area (Å²) in [6, 6.07) is 0.617. The van der Waals surface area contributed by atoms with Crippen LogP contribution in [0.15, 0.2) is 16.8 Å². The molecule has 0 fully saturated rings. The predicted molar refractivity (Wildman–Crippen MR) is 64.1 cm³/mol. The molecule has 0 spiro atoms. The second-order valence-corrected chi connectivity index (χ2v) is 4.24. The third kappa shape index (κ3) is 4.44. The number of aliphatic carboxylic acids is 1. The molecule has 0 aliphatic rings. The lowest BCUT2D eigenvalue weighted by Gasteiger charge is -2.13. The summed E-state index contributed by atoms with van der Waals surface area (Å²) in [7, 11) is 0. The summed E-state index contributed by atoms with van der Waals surface area (Å²) in [6.07, 6.45) is 0.987. The molecule has 1 aromatic heterocycles. The molecule has 0 saturated carbocycles. The minimum Gasteiger partial charge on any atom is -0.479 e. The van der Waals surface area contributed by atoms with Gasteiger partial charge in [0.05, 0.1) is 6.61 Å². The molecule has 0 radical (unpaired) electrons. The fourth-order valence-corrected chi connectivity index (χ4v) is 1.88. The number of alkyl carbamates (subject to hydrolysis) is 1. The van der Waals surface area contributed by atoms with Crippen molar-refractivity contribution in [2.75, 3.05) is 6.61 Å². The molecule has 1 unspecified atom stereocenters. The number of amides is 1. The highest BCUT2D eigenvalue weighted by Crippen LogP contribution is 2.16. The van der Waals surface area contributed by atoms with Crippen LogP contribution in [0.25, 0.3) is 0 Å². The molecule has 2 N–H and O–H groups in total. The van der Waals surface area contributed by atoms with Crippen molar-refractivity contribution in [2.45, 2.75) is 25.8 Å². The summed E-state index contributed by atoms with van der Waals surface area (Å²) in [5.74, 6) is -1.10. The number of ether oxygens (including phenoxy) is 1. The molecule has 0 aromatic carbocycles. The topological polar surface area (TPSA) is 75.6 Å². The van der Waals surface area contributed by atoms with E-state index in [1.807, 2.05) is 6.92 Å². The first-order valence-electron chi connectivity index (χ1n) is 5.33. The summed E-state index contributed by atoms with van der Waals surface area (Å²) in [4.78, 5) is 22.3. The molecule has 0 saturated heterocycles. The molecule has 1 atom stereocenters. The molecule has 0 bridgehead atoms. The van der Waals surface area contributed by atoms with E-state index in [2.05, 4.69) is 5.32 Å². The van der Waals surface area contributed by atoms with Crippen molar-refractivity contribution >= 4 is 23.4 Å². The Kier molecular flexibility index (Phi) is 5.48. The van der Waals surface area contributed by atoms with E-state index in [0.717, 1.165) is 12.8 Å². The number of carbonyl (C=O) groups excluding carboxylic acids is 1. The fourth-order valence-electron chi connectivity index (χ4n) is 1.20. The zero-order valence-electron chi connectivity index (χ0n) is 9.51. The van der Waals surface area contributed by atoms with Crippen LogP contribution in [0.2, 0.25) is 0 Å². The minimum absolute atomic E-state index is 0.304. The second kappa shape index (κ2) is 6.90. The van der Waals surface area contributed by atoms with Crippen molar-refractivity contribution in [3.8, 4) is 0 Å². The van der Waals surface area contributed by atoms with Gasteiger partial charge >= 0.3 is 12.1 Å². The van der Waals surface area contributed by atoms with E-state index in [-0.39, 0.29) is 0 Å². The van der Waals surface area contributed by atoms with E-state index < -0.39 is 18.1 Å². The van der Waals surface area contributed by atoms with E-state index in [4.69, 9.17) is 9.84 Å². The summed E-state index contributed by atoms with van der Waals surface area (Å²) >= 11 is 1.38. The molecule has 1 rings (SSSR count). The molecular formula is C11H15NO4S. The van der Waals surface area contributed by atoms with Crippen molar-refractivity contribution in [2.24, 2.45) is 0 Å². The number of nitrogens with one attached hydrogen (secondary N) is 1. The van der Waals surface area contributed by atoms with Crippen molar-refractivity contribution in [3.05, 3.63) is 22.4 Å². The summed E-state index contributed by atoms with van der Waals surface area (Å²) in [5, 5.41) is 14.8. The first-order valence-corrected chi connectivity index (χ1v) is 6.27. The summed E-state index contributed by atoms with van der Waals surface area (Å²) in [6.45, 7) is 2.28. The zero-order chi connectivity index (χ0) is 12.7. The van der Waals surface area contributed by atoms with Gasteiger partial charge in [-0.15, -0.1) is 0 Å². The molecule has 6 heteroatoms. The summed E-state index contributed by atoms with van der Waals surface area (Å²) in [5.41, 5.74) is 0.551. The number of rotatable bonds is 6. The van der Waals surface area contributed by atoms with Gasteiger partial charge in [-0.05, 0) is 28.8 Å². The van der Waals surface area contributed by atoms with E-state index in [9.17, 15) is 9.59 Å². The number of hydrogen-bond donors (Lipinski definition) is 2. The van der Waals surface area contributed by atoms with Gasteiger partial charge in [0.15, 0.2) is 6.04 Å². The Bertz CT molecular complexity index is 364. The van der Waals surface area contributed by atoms with Crippen LogP contribution in [0.4, 0.5) is 4.79 Å². The number of unbranched alkanes of at least 4 members (excludes halogenated alkanes) is 1.